The first-order valence-electron chi connectivity index (χ1n) is 6.21. The van der Waals surface area contributed by atoms with E-state index in [9.17, 15) is 9.59 Å². The number of carboxylic acid groups (broad SMARTS) is 1. The molecular weight excluding hydrogens is 262 g/mol. The van der Waals surface area contributed by atoms with Gasteiger partial charge in [0.1, 0.15) is 0 Å². The second-order valence-corrected chi connectivity index (χ2v) is 7.10. The third-order valence-electron chi connectivity index (χ3n) is 3.12. The minimum absolute atomic E-state index is 0.0709. The first-order chi connectivity index (χ1) is 8.61. The molecule has 5 heteroatoms. The van der Waals surface area contributed by atoms with Crippen molar-refractivity contribution in [1.29, 1.82) is 0 Å². The Morgan fingerprint density at radius 1 is 1.37 bits per heavy atom. The molecule has 0 aliphatic heterocycles. The van der Waals surface area contributed by atoms with Gasteiger partial charge in [0.05, 0.1) is 11.3 Å². The van der Waals surface area contributed by atoms with Crippen molar-refractivity contribution in [2.75, 3.05) is 0 Å². The molecule has 1 aromatic rings. The van der Waals surface area contributed by atoms with E-state index in [4.69, 9.17) is 5.11 Å². The summed E-state index contributed by atoms with van der Waals surface area (Å²) in [6.07, 6.45) is -0.0709. The van der Waals surface area contributed by atoms with Crippen LogP contribution in [0.25, 0.3) is 0 Å². The fraction of sp³-hybridized carbons (Fsp3) is 0.571. The van der Waals surface area contributed by atoms with E-state index in [1.165, 1.54) is 11.3 Å². The lowest BCUT2D eigenvalue weighted by Gasteiger charge is -2.30. The van der Waals surface area contributed by atoms with Crippen LogP contribution in [0.5, 0.6) is 0 Å². The van der Waals surface area contributed by atoms with Crippen LogP contribution in [-0.2, 0) is 4.79 Å². The number of aryl methyl sites for hydroxylation is 2. The van der Waals surface area contributed by atoms with Crippen LogP contribution < -0.4 is 5.32 Å². The summed E-state index contributed by atoms with van der Waals surface area (Å²) in [7, 11) is 0. The fourth-order valence-corrected chi connectivity index (χ4v) is 2.60. The molecule has 0 saturated carbocycles. The van der Waals surface area contributed by atoms with Crippen LogP contribution in [0, 0.1) is 19.3 Å². The summed E-state index contributed by atoms with van der Waals surface area (Å²) in [4.78, 5) is 24.8. The van der Waals surface area contributed by atoms with Gasteiger partial charge >= 0.3 is 5.97 Å². The molecule has 4 nitrogen and oxygen atoms in total. The minimum atomic E-state index is -0.904. The van der Waals surface area contributed by atoms with Crippen LogP contribution in [0.15, 0.2) is 6.07 Å². The van der Waals surface area contributed by atoms with Gasteiger partial charge < -0.3 is 10.4 Å². The van der Waals surface area contributed by atoms with Gasteiger partial charge in [-0.15, -0.1) is 11.3 Å². The van der Waals surface area contributed by atoms with Gasteiger partial charge in [-0.25, -0.2) is 0 Å². The predicted octanol–water partition coefficient (Wildman–Crippen LogP) is 2.98. The lowest BCUT2D eigenvalue weighted by molar-refractivity contribution is -0.138. The molecule has 0 aliphatic rings. The molecule has 0 saturated heterocycles. The van der Waals surface area contributed by atoms with E-state index < -0.39 is 5.97 Å². The molecule has 1 unspecified atom stereocenters. The molecule has 2 N–H and O–H groups in total. The number of hydrogen-bond donors (Lipinski definition) is 2. The normalized spacial score (nSPS) is 13.1. The third-order valence-corrected chi connectivity index (χ3v) is 4.27. The van der Waals surface area contributed by atoms with Crippen LogP contribution in [-0.4, -0.2) is 23.0 Å². The molecule has 0 aromatic carbocycles. The first-order valence-corrected chi connectivity index (χ1v) is 7.02. The summed E-state index contributed by atoms with van der Waals surface area (Å²) < 4.78 is 0. The Balaban J connectivity index is 2.84. The van der Waals surface area contributed by atoms with Crippen LogP contribution in [0.1, 0.15) is 47.3 Å². The Morgan fingerprint density at radius 2 is 1.95 bits per heavy atom. The maximum absolute atomic E-state index is 12.2. The quantitative estimate of drug-likeness (QED) is 0.892. The number of carbonyl (C=O) groups is 2. The Hall–Kier alpha value is -1.36. The van der Waals surface area contributed by atoms with Crippen molar-refractivity contribution in [1.82, 2.24) is 5.32 Å². The molecule has 1 heterocycles. The summed E-state index contributed by atoms with van der Waals surface area (Å²) >= 11 is 1.43. The Bertz CT molecular complexity index is 466. The SMILES string of the molecule is Cc1cc(C(=O)NC(CC(=O)O)C(C)(C)C)sc1C. The van der Waals surface area contributed by atoms with Crippen LogP contribution in [0.2, 0.25) is 0 Å². The van der Waals surface area contributed by atoms with Gasteiger partial charge in [-0.2, -0.15) is 0 Å². The van der Waals surface area contributed by atoms with Gasteiger partial charge in [-0.3, -0.25) is 9.59 Å². The van der Waals surface area contributed by atoms with Gasteiger partial charge in [0.2, 0.25) is 0 Å². The van der Waals surface area contributed by atoms with Crippen molar-refractivity contribution in [3.05, 3.63) is 21.4 Å². The highest BCUT2D eigenvalue weighted by Gasteiger charge is 2.29. The average molecular weight is 283 g/mol. The van der Waals surface area contributed by atoms with E-state index in [-0.39, 0.29) is 23.8 Å². The van der Waals surface area contributed by atoms with Gasteiger partial charge in [-0.05, 0) is 30.9 Å². The summed E-state index contributed by atoms with van der Waals surface area (Å²) in [5.74, 6) is -1.10. The van der Waals surface area contributed by atoms with Crippen LogP contribution in [0.4, 0.5) is 0 Å². The third kappa shape index (κ3) is 4.35. The maximum Gasteiger partial charge on any atom is 0.305 e. The Labute approximate surface area is 117 Å². The smallest absolute Gasteiger partial charge is 0.305 e. The number of rotatable bonds is 4. The standard InChI is InChI=1S/C14H21NO3S/c1-8-6-10(19-9(8)2)13(18)15-11(7-12(16)17)14(3,4)5/h6,11H,7H2,1-5H3,(H,15,18)(H,16,17). The van der Waals surface area contributed by atoms with Crippen molar-refractivity contribution in [2.24, 2.45) is 5.41 Å². The number of nitrogens with one attached hydrogen (secondary N) is 1. The number of amides is 1. The largest absolute Gasteiger partial charge is 0.481 e. The van der Waals surface area contributed by atoms with Gasteiger partial charge in [0.25, 0.3) is 5.91 Å². The molecule has 0 aliphatic carbocycles. The number of hydrogen-bond acceptors (Lipinski definition) is 3. The highest BCUT2D eigenvalue weighted by atomic mass is 32.1. The summed E-state index contributed by atoms with van der Waals surface area (Å²) in [6, 6.07) is 1.45. The molecular formula is C14H21NO3S. The highest BCUT2D eigenvalue weighted by Crippen LogP contribution is 2.24. The van der Waals surface area contributed by atoms with E-state index >= 15 is 0 Å². The van der Waals surface area contributed by atoms with Gasteiger partial charge in [0.15, 0.2) is 0 Å². The zero-order chi connectivity index (χ0) is 14.8. The topological polar surface area (TPSA) is 66.4 Å². The molecule has 1 atom stereocenters. The number of carbonyl (C=O) groups excluding carboxylic acids is 1. The number of thiophene rings is 1. The van der Waals surface area contributed by atoms with Crippen LogP contribution >= 0.6 is 11.3 Å². The first kappa shape index (κ1) is 15.7. The van der Waals surface area contributed by atoms with Crippen molar-refractivity contribution in [3.63, 3.8) is 0 Å². The lowest BCUT2D eigenvalue weighted by Crippen LogP contribution is -2.44. The van der Waals surface area contributed by atoms with Crippen molar-refractivity contribution >= 4 is 23.2 Å². The molecule has 0 radical (unpaired) electrons. The second-order valence-electron chi connectivity index (χ2n) is 5.84. The van der Waals surface area contributed by atoms with Gasteiger partial charge in [0, 0.05) is 10.9 Å². The fourth-order valence-electron chi connectivity index (χ4n) is 1.66. The van der Waals surface area contributed by atoms with Crippen molar-refractivity contribution in [3.8, 4) is 0 Å². The van der Waals surface area contributed by atoms with Crippen molar-refractivity contribution in [2.45, 2.75) is 47.1 Å². The molecule has 0 bridgehead atoms. The molecule has 1 amide bonds. The lowest BCUT2D eigenvalue weighted by atomic mass is 9.84. The van der Waals surface area contributed by atoms with Crippen LogP contribution in [0.3, 0.4) is 0 Å². The van der Waals surface area contributed by atoms with Crippen molar-refractivity contribution < 1.29 is 14.7 Å². The zero-order valence-corrected chi connectivity index (χ0v) is 12.9. The molecule has 19 heavy (non-hydrogen) atoms. The highest BCUT2D eigenvalue weighted by molar-refractivity contribution is 7.14. The minimum Gasteiger partial charge on any atom is -0.481 e. The predicted molar refractivity (Wildman–Crippen MR) is 76.8 cm³/mol. The molecule has 0 spiro atoms. The van der Waals surface area contributed by atoms with E-state index in [1.54, 1.807) is 0 Å². The van der Waals surface area contributed by atoms with E-state index in [0.29, 0.717) is 4.88 Å². The number of carboxylic acids is 1. The summed E-state index contributed by atoms with van der Waals surface area (Å²) in [6.45, 7) is 9.69. The van der Waals surface area contributed by atoms with E-state index in [0.717, 1.165) is 10.4 Å². The summed E-state index contributed by atoms with van der Waals surface area (Å²) in [5.41, 5.74) is 0.788. The van der Waals surface area contributed by atoms with Gasteiger partial charge in [-0.1, -0.05) is 20.8 Å². The Kier molecular flexibility index (Phi) is 4.74. The Morgan fingerprint density at radius 3 is 2.32 bits per heavy atom. The van der Waals surface area contributed by atoms with E-state index in [2.05, 4.69) is 5.32 Å². The molecule has 1 rings (SSSR count). The maximum atomic E-state index is 12.2. The molecule has 0 fully saturated rings. The average Bonchev–Trinajstić information content (AvgIpc) is 2.56. The molecule has 1 aromatic heterocycles. The zero-order valence-electron chi connectivity index (χ0n) is 12.0. The van der Waals surface area contributed by atoms with E-state index in [1.807, 2.05) is 40.7 Å². The molecule has 106 valence electrons. The number of aliphatic carboxylic acids is 1. The second kappa shape index (κ2) is 5.74. The summed E-state index contributed by atoms with van der Waals surface area (Å²) in [5, 5.41) is 11.8. The monoisotopic (exact) mass is 283 g/mol.